The van der Waals surface area contributed by atoms with Gasteiger partial charge in [-0.15, -0.1) is 0 Å². The Hall–Kier alpha value is -15.0. The van der Waals surface area contributed by atoms with Crippen LogP contribution in [0, 0.1) is 0 Å². The molecule has 0 amide bonds. The largest absolute Gasteiger partial charge is 0.355 e. The van der Waals surface area contributed by atoms with Gasteiger partial charge in [-0.1, -0.05) is 309 Å². The molecular weight excluding hydrogens is 1430 g/mol. The number of hydrogen-bond donors (Lipinski definition) is 1. The van der Waals surface area contributed by atoms with E-state index in [2.05, 4.69) is 450 Å². The van der Waals surface area contributed by atoms with Crippen molar-refractivity contribution in [3.05, 3.63) is 453 Å². The van der Waals surface area contributed by atoms with E-state index in [9.17, 15) is 0 Å². The van der Waals surface area contributed by atoms with Gasteiger partial charge in [-0.2, -0.15) is 8.75 Å². The van der Waals surface area contributed by atoms with Crippen LogP contribution in [0.4, 0.5) is 28.4 Å². The summed E-state index contributed by atoms with van der Waals surface area (Å²) in [6.45, 7) is 0. The van der Waals surface area contributed by atoms with Crippen molar-refractivity contribution >= 4 is 94.8 Å². The molecule has 0 saturated carbocycles. The van der Waals surface area contributed by atoms with Crippen molar-refractivity contribution in [1.29, 1.82) is 0 Å². The van der Waals surface area contributed by atoms with Crippen LogP contribution in [0.3, 0.4) is 0 Å². The van der Waals surface area contributed by atoms with E-state index in [1.54, 1.807) is 0 Å². The van der Waals surface area contributed by atoms with Crippen LogP contribution in [0.15, 0.2) is 431 Å². The Kier molecular flexibility index (Phi) is 16.6. The molecule has 1 N–H and O–H groups in total. The fraction of sp³-hybridized carbons (Fsp3) is 0.00917. The molecule has 7 heteroatoms. The third kappa shape index (κ3) is 11.5. The van der Waals surface area contributed by atoms with Crippen molar-refractivity contribution in [3.8, 4) is 100 Å². The van der Waals surface area contributed by atoms with Crippen LogP contribution < -0.4 is 10.2 Å². The van der Waals surface area contributed by atoms with E-state index >= 15 is 0 Å². The van der Waals surface area contributed by atoms with Gasteiger partial charge in [0, 0.05) is 66.8 Å². The third-order valence-electron chi connectivity index (χ3n) is 23.7. The Bertz CT molecular complexity index is 7190. The molecule has 0 saturated heterocycles. The fourth-order valence-corrected chi connectivity index (χ4v) is 18.8. The summed E-state index contributed by atoms with van der Waals surface area (Å²) >= 11 is 1.25. The van der Waals surface area contributed by atoms with Crippen molar-refractivity contribution in [3.63, 3.8) is 0 Å². The van der Waals surface area contributed by atoms with Gasteiger partial charge in [-0.25, -0.2) is 0 Å². The summed E-state index contributed by atoms with van der Waals surface area (Å²) in [5, 5.41) is 8.56. The summed E-state index contributed by atoms with van der Waals surface area (Å²) in [5.41, 5.74) is 36.8. The van der Waals surface area contributed by atoms with Gasteiger partial charge in [0.25, 0.3) is 0 Å². The first-order valence-electron chi connectivity index (χ1n) is 39.6. The number of nitrogens with one attached hydrogen (secondary N) is 1. The average molecular weight is 1500 g/mol. The van der Waals surface area contributed by atoms with E-state index in [1.165, 1.54) is 99.9 Å². The first-order chi connectivity index (χ1) is 57.5. The lowest BCUT2D eigenvalue weighted by molar-refractivity contribution is 0.769. The predicted octanol–water partition coefficient (Wildman–Crippen LogP) is 29.1. The lowest BCUT2D eigenvalue weighted by Gasteiger charge is -2.34. The van der Waals surface area contributed by atoms with E-state index in [0.29, 0.717) is 0 Å². The Balaban J connectivity index is 0.584. The molecule has 0 radical (unpaired) electrons. The van der Waals surface area contributed by atoms with Crippen molar-refractivity contribution < 1.29 is 0 Å². The lowest BCUT2D eigenvalue weighted by atomic mass is 9.67. The van der Waals surface area contributed by atoms with Crippen molar-refractivity contribution in [2.45, 2.75) is 5.41 Å². The molecule has 1 aliphatic carbocycles. The van der Waals surface area contributed by atoms with Crippen LogP contribution in [0.2, 0.25) is 0 Å². The molecular formula is C109H72N6S. The maximum absolute atomic E-state index is 5.11. The maximum atomic E-state index is 5.11. The second-order valence-electron chi connectivity index (χ2n) is 30.1. The molecule has 21 aromatic rings. The maximum Gasteiger partial charge on any atom is 0.129 e. The number of anilines is 5. The summed E-state index contributed by atoms with van der Waals surface area (Å²) in [5.74, 6) is 0. The van der Waals surface area contributed by atoms with Crippen LogP contribution in [-0.4, -0.2) is 17.9 Å². The Morgan fingerprint density at radius 1 is 0.250 bits per heavy atom. The minimum atomic E-state index is -0.493. The molecule has 544 valence electrons. The molecule has 18 aromatic carbocycles. The monoisotopic (exact) mass is 1500 g/mol. The average Bonchev–Trinajstić information content (AvgIpc) is 1.54. The minimum Gasteiger partial charge on any atom is -0.355 e. The SMILES string of the molecule is c1ccc(-c2ccccc2Nc2ccc(-c3ccc(-c4ccc5c(c4)c4cc(-c6ccc(-c7ccc(-n8c9ccccc9c9ccccc98)cc7)cc6)ccc4n5-c4ccc(-c5ccc(N(c6ccccc6)c6ccc(-c7cccc(C8(c9ccccc9)c9ccccc9-c9ccccc98)c7)cc6)c6nsnc56)cc4)cc3)cc2)cc1. The molecule has 3 heterocycles. The zero-order valence-electron chi connectivity index (χ0n) is 63.1. The highest BCUT2D eigenvalue weighted by atomic mass is 32.1. The quantitative estimate of drug-likeness (QED) is 0.105. The van der Waals surface area contributed by atoms with E-state index in [-0.39, 0.29) is 0 Å². The number of fused-ring (bicyclic) bond motifs is 10. The number of hydrogen-bond acceptors (Lipinski definition) is 5. The molecule has 0 aliphatic heterocycles. The van der Waals surface area contributed by atoms with Crippen LogP contribution in [0.25, 0.3) is 155 Å². The first kappa shape index (κ1) is 67.8. The number of rotatable bonds is 16. The third-order valence-corrected chi connectivity index (χ3v) is 24.3. The molecule has 0 atom stereocenters. The molecule has 1 aliphatic rings. The van der Waals surface area contributed by atoms with E-state index in [0.717, 1.165) is 118 Å². The van der Waals surface area contributed by atoms with E-state index in [4.69, 9.17) is 8.75 Å². The lowest BCUT2D eigenvalue weighted by Crippen LogP contribution is -2.28. The van der Waals surface area contributed by atoms with Gasteiger partial charge in [-0.05, 0) is 221 Å². The molecule has 0 bridgehead atoms. The summed E-state index contributed by atoms with van der Waals surface area (Å²) in [4.78, 5) is 2.32. The first-order valence-corrected chi connectivity index (χ1v) is 40.3. The van der Waals surface area contributed by atoms with Gasteiger partial charge >= 0.3 is 0 Å². The zero-order chi connectivity index (χ0) is 76.6. The Labute approximate surface area is 677 Å². The number of aromatic nitrogens is 4. The van der Waals surface area contributed by atoms with Gasteiger partial charge in [0.05, 0.1) is 44.9 Å². The van der Waals surface area contributed by atoms with Gasteiger partial charge in [0.1, 0.15) is 11.0 Å². The van der Waals surface area contributed by atoms with Gasteiger partial charge in [0.2, 0.25) is 0 Å². The van der Waals surface area contributed by atoms with Crippen molar-refractivity contribution in [2.75, 3.05) is 10.2 Å². The van der Waals surface area contributed by atoms with Crippen LogP contribution in [0.5, 0.6) is 0 Å². The summed E-state index contributed by atoms with van der Waals surface area (Å²) in [6, 6.07) is 157. The van der Waals surface area contributed by atoms with Gasteiger partial charge in [0.15, 0.2) is 0 Å². The van der Waals surface area contributed by atoms with E-state index < -0.39 is 5.41 Å². The zero-order valence-corrected chi connectivity index (χ0v) is 64.0. The minimum absolute atomic E-state index is 0.493. The predicted molar refractivity (Wildman–Crippen MR) is 486 cm³/mol. The van der Waals surface area contributed by atoms with Gasteiger partial charge < -0.3 is 19.4 Å². The summed E-state index contributed by atoms with van der Waals surface area (Å²) < 4.78 is 15.0. The Morgan fingerprint density at radius 3 is 1.21 bits per heavy atom. The van der Waals surface area contributed by atoms with Crippen LogP contribution in [0.1, 0.15) is 22.3 Å². The standard InChI is InChI=1S/C109H72N6S/c1-4-21-79(22-5-1)91-29-12-17-36-101(91)110-86-57-47-74(48-58-86)72-39-43-76(44-40-72)82-55-66-104-97(70-82)98-71-83(77-45-41-73(42-46-77)75-49-61-89(62-50-75)114-102-37-18-13-32-95(102)96-33-14-19-38-103(96)114)56-67-105(98)115(104)90-63-53-80(54-64-90)92-65-68-106(108-107(92)111-116-112-108)113(87-27-8-3-9-28-87)88-59-51-78(52-60-88)81-23-20-26-85(69-81)109(84-24-6-2-7-25-84)99-34-15-10-30-93(99)94-31-11-16-35-100(94)109/h1-71,110H. The number of nitrogens with zero attached hydrogens (tertiary/aromatic N) is 5. The summed E-state index contributed by atoms with van der Waals surface area (Å²) in [6.07, 6.45) is 0. The smallest absolute Gasteiger partial charge is 0.129 e. The number of para-hydroxylation sites is 4. The molecule has 22 rings (SSSR count). The van der Waals surface area contributed by atoms with Crippen LogP contribution >= 0.6 is 11.7 Å². The molecule has 0 fully saturated rings. The molecule has 3 aromatic heterocycles. The molecule has 6 nitrogen and oxygen atoms in total. The second-order valence-corrected chi connectivity index (χ2v) is 30.7. The summed E-state index contributed by atoms with van der Waals surface area (Å²) in [7, 11) is 0. The highest BCUT2D eigenvalue weighted by Crippen LogP contribution is 2.57. The second kappa shape index (κ2) is 28.3. The fourth-order valence-electron chi connectivity index (χ4n) is 18.2. The number of benzene rings is 18. The topological polar surface area (TPSA) is 50.9 Å². The van der Waals surface area contributed by atoms with Crippen molar-refractivity contribution in [2.24, 2.45) is 0 Å². The normalized spacial score (nSPS) is 12.2. The highest BCUT2D eigenvalue weighted by molar-refractivity contribution is 7.00. The van der Waals surface area contributed by atoms with E-state index in [1.807, 2.05) is 0 Å². The molecule has 0 unspecified atom stereocenters. The van der Waals surface area contributed by atoms with Crippen LogP contribution in [-0.2, 0) is 5.41 Å². The Morgan fingerprint density at radius 2 is 0.638 bits per heavy atom. The van der Waals surface area contributed by atoms with Gasteiger partial charge in [-0.3, -0.25) is 0 Å². The van der Waals surface area contributed by atoms with Crippen molar-refractivity contribution in [1.82, 2.24) is 17.9 Å². The molecule has 0 spiro atoms. The highest BCUT2D eigenvalue weighted by Gasteiger charge is 2.46. The molecule has 116 heavy (non-hydrogen) atoms.